The number of allylic oxidation sites excluding steroid dienone is 1. The molecule has 1 amide bonds. The minimum atomic E-state index is -0.434. The maximum absolute atomic E-state index is 11.8. The minimum Gasteiger partial charge on any atom is -0.444 e. The van der Waals surface area contributed by atoms with Gasteiger partial charge in [0.05, 0.1) is 5.54 Å². The lowest BCUT2D eigenvalue weighted by Gasteiger charge is -2.22. The second-order valence-corrected chi connectivity index (χ2v) is 5.79. The third-order valence-corrected chi connectivity index (χ3v) is 3.03. The van der Waals surface area contributed by atoms with Crippen LogP contribution >= 0.6 is 0 Å². The van der Waals surface area contributed by atoms with Gasteiger partial charge in [-0.1, -0.05) is 32.4 Å². The normalized spacial score (nSPS) is 28.2. The third kappa shape index (κ3) is 4.06. The van der Waals surface area contributed by atoms with Crippen molar-refractivity contribution in [3.8, 4) is 0 Å². The van der Waals surface area contributed by atoms with Gasteiger partial charge in [-0.15, -0.1) is 0 Å². The van der Waals surface area contributed by atoms with E-state index in [1.165, 1.54) is 0 Å². The van der Waals surface area contributed by atoms with E-state index in [9.17, 15) is 4.79 Å². The highest BCUT2D eigenvalue weighted by Gasteiger charge is 2.52. The Morgan fingerprint density at radius 3 is 2.53 bits per heavy atom. The average molecular weight is 239 g/mol. The summed E-state index contributed by atoms with van der Waals surface area (Å²) in [6.45, 7) is 9.89. The summed E-state index contributed by atoms with van der Waals surface area (Å²) in [5.74, 6) is 0.554. The van der Waals surface area contributed by atoms with E-state index in [1.807, 2.05) is 20.8 Å². The molecule has 3 heteroatoms. The van der Waals surface area contributed by atoms with Crippen molar-refractivity contribution in [2.75, 3.05) is 0 Å². The summed E-state index contributed by atoms with van der Waals surface area (Å²) in [6.07, 6.45) is 7.05. The summed E-state index contributed by atoms with van der Waals surface area (Å²) in [5, 5.41) is 3.01. The number of carbonyl (C=O) groups is 1. The van der Waals surface area contributed by atoms with Gasteiger partial charge in [-0.25, -0.2) is 4.79 Å². The molecule has 0 saturated heterocycles. The summed E-state index contributed by atoms with van der Waals surface area (Å²) >= 11 is 0. The molecular formula is C14H25NO2. The van der Waals surface area contributed by atoms with Gasteiger partial charge in [0.15, 0.2) is 0 Å². The highest BCUT2D eigenvalue weighted by molar-refractivity contribution is 5.70. The van der Waals surface area contributed by atoms with Crippen LogP contribution in [0.4, 0.5) is 4.79 Å². The first-order valence-electron chi connectivity index (χ1n) is 6.52. The lowest BCUT2D eigenvalue weighted by Crippen LogP contribution is -2.40. The van der Waals surface area contributed by atoms with Crippen LogP contribution in [0, 0.1) is 5.92 Å². The Morgan fingerprint density at radius 1 is 1.47 bits per heavy atom. The van der Waals surface area contributed by atoms with Crippen molar-refractivity contribution in [1.29, 1.82) is 0 Å². The van der Waals surface area contributed by atoms with Crippen LogP contribution < -0.4 is 5.32 Å². The van der Waals surface area contributed by atoms with Crippen molar-refractivity contribution in [2.24, 2.45) is 5.92 Å². The summed E-state index contributed by atoms with van der Waals surface area (Å²) in [7, 11) is 0. The predicted octanol–water partition coefficient (Wildman–Crippen LogP) is 3.65. The molecule has 1 aliphatic rings. The van der Waals surface area contributed by atoms with Crippen LogP contribution in [-0.4, -0.2) is 17.2 Å². The zero-order chi connectivity index (χ0) is 13.1. The standard InChI is InChI=1S/C14H25NO2/c1-6-8-9-14(10-11(14)7-2)15-12(16)17-13(3,4)5/h8-9,11H,6-7,10H2,1-5H3,(H,15,16)/b9-8+. The van der Waals surface area contributed by atoms with E-state index in [-0.39, 0.29) is 11.6 Å². The molecule has 2 atom stereocenters. The fourth-order valence-electron chi connectivity index (χ4n) is 2.08. The molecular weight excluding hydrogens is 214 g/mol. The Balaban J connectivity index is 2.58. The smallest absolute Gasteiger partial charge is 0.408 e. The molecule has 98 valence electrons. The Morgan fingerprint density at radius 2 is 2.12 bits per heavy atom. The monoisotopic (exact) mass is 239 g/mol. The van der Waals surface area contributed by atoms with Crippen LogP contribution in [0.2, 0.25) is 0 Å². The average Bonchev–Trinajstić information content (AvgIpc) is 2.86. The summed E-state index contributed by atoms with van der Waals surface area (Å²) in [6, 6.07) is 0. The molecule has 17 heavy (non-hydrogen) atoms. The summed E-state index contributed by atoms with van der Waals surface area (Å²) in [4.78, 5) is 11.8. The largest absolute Gasteiger partial charge is 0.444 e. The van der Waals surface area contributed by atoms with Gasteiger partial charge in [-0.05, 0) is 39.5 Å². The molecule has 0 aromatic rings. The lowest BCUT2D eigenvalue weighted by molar-refractivity contribution is 0.0504. The summed E-state index contributed by atoms with van der Waals surface area (Å²) < 4.78 is 5.30. The summed E-state index contributed by atoms with van der Waals surface area (Å²) in [5.41, 5.74) is -0.580. The number of carbonyl (C=O) groups excluding carboxylic acids is 1. The van der Waals surface area contributed by atoms with Crippen LogP contribution in [0.15, 0.2) is 12.2 Å². The van der Waals surface area contributed by atoms with Crippen molar-refractivity contribution >= 4 is 6.09 Å². The van der Waals surface area contributed by atoms with Crippen molar-refractivity contribution in [3.63, 3.8) is 0 Å². The number of rotatable bonds is 4. The molecule has 0 aliphatic heterocycles. The van der Waals surface area contributed by atoms with Crippen molar-refractivity contribution in [1.82, 2.24) is 5.32 Å². The van der Waals surface area contributed by atoms with Crippen LogP contribution in [-0.2, 0) is 4.74 Å². The quantitative estimate of drug-likeness (QED) is 0.760. The maximum Gasteiger partial charge on any atom is 0.408 e. The van der Waals surface area contributed by atoms with Crippen LogP contribution in [0.25, 0.3) is 0 Å². The van der Waals surface area contributed by atoms with Crippen molar-refractivity contribution in [3.05, 3.63) is 12.2 Å². The van der Waals surface area contributed by atoms with Crippen molar-refractivity contribution < 1.29 is 9.53 Å². The number of amides is 1. The molecule has 0 aromatic heterocycles. The van der Waals surface area contributed by atoms with E-state index < -0.39 is 5.60 Å². The minimum absolute atomic E-state index is 0.146. The third-order valence-electron chi connectivity index (χ3n) is 3.03. The number of hydrogen-bond acceptors (Lipinski definition) is 2. The fourth-order valence-corrected chi connectivity index (χ4v) is 2.08. The number of ether oxygens (including phenoxy) is 1. The Hall–Kier alpha value is -0.990. The topological polar surface area (TPSA) is 38.3 Å². The van der Waals surface area contributed by atoms with E-state index in [2.05, 4.69) is 31.3 Å². The molecule has 1 fully saturated rings. The van der Waals surface area contributed by atoms with E-state index >= 15 is 0 Å². The maximum atomic E-state index is 11.8. The first-order valence-corrected chi connectivity index (χ1v) is 6.52. The van der Waals surface area contributed by atoms with Gasteiger partial charge in [-0.2, -0.15) is 0 Å². The second kappa shape index (κ2) is 5.11. The Bertz CT molecular complexity index is 304. The molecule has 2 unspecified atom stereocenters. The van der Waals surface area contributed by atoms with Gasteiger partial charge >= 0.3 is 6.09 Å². The zero-order valence-corrected chi connectivity index (χ0v) is 11.7. The molecule has 0 radical (unpaired) electrons. The molecule has 3 nitrogen and oxygen atoms in total. The Kier molecular flexibility index (Phi) is 4.23. The predicted molar refractivity (Wildman–Crippen MR) is 69.9 cm³/mol. The van der Waals surface area contributed by atoms with E-state index in [1.54, 1.807) is 0 Å². The fraction of sp³-hybridized carbons (Fsp3) is 0.786. The lowest BCUT2D eigenvalue weighted by atomic mass is 10.1. The van der Waals surface area contributed by atoms with Gasteiger partial charge in [0.2, 0.25) is 0 Å². The molecule has 0 spiro atoms. The van der Waals surface area contributed by atoms with E-state index in [0.29, 0.717) is 5.92 Å². The molecule has 1 N–H and O–H groups in total. The molecule has 1 saturated carbocycles. The second-order valence-electron chi connectivity index (χ2n) is 5.79. The molecule has 1 rings (SSSR count). The van der Waals surface area contributed by atoms with Gasteiger partial charge in [0.1, 0.15) is 5.60 Å². The Labute approximate surface area is 105 Å². The van der Waals surface area contributed by atoms with Crippen LogP contribution in [0.5, 0.6) is 0 Å². The highest BCUT2D eigenvalue weighted by atomic mass is 16.6. The molecule has 0 heterocycles. The molecule has 0 aromatic carbocycles. The number of nitrogens with one attached hydrogen (secondary N) is 1. The SMILES string of the molecule is CC/C=C/C1(NC(=O)OC(C)(C)C)CC1CC. The highest BCUT2D eigenvalue weighted by Crippen LogP contribution is 2.47. The van der Waals surface area contributed by atoms with Crippen LogP contribution in [0.1, 0.15) is 53.9 Å². The molecule has 0 bridgehead atoms. The molecule has 1 aliphatic carbocycles. The van der Waals surface area contributed by atoms with Gasteiger partial charge in [0.25, 0.3) is 0 Å². The number of alkyl carbamates (subject to hydrolysis) is 1. The van der Waals surface area contributed by atoms with Crippen LogP contribution in [0.3, 0.4) is 0 Å². The van der Waals surface area contributed by atoms with Gasteiger partial charge in [-0.3, -0.25) is 0 Å². The van der Waals surface area contributed by atoms with Gasteiger partial charge < -0.3 is 10.1 Å². The zero-order valence-electron chi connectivity index (χ0n) is 11.7. The van der Waals surface area contributed by atoms with Crippen molar-refractivity contribution in [2.45, 2.75) is 65.0 Å². The first-order chi connectivity index (χ1) is 7.83. The first kappa shape index (κ1) is 14.1. The van der Waals surface area contributed by atoms with E-state index in [4.69, 9.17) is 4.74 Å². The van der Waals surface area contributed by atoms with E-state index in [0.717, 1.165) is 19.3 Å². The van der Waals surface area contributed by atoms with Gasteiger partial charge in [0, 0.05) is 0 Å². The number of hydrogen-bond donors (Lipinski definition) is 1.